The molecule has 0 aliphatic carbocycles. The van der Waals surface area contributed by atoms with Gasteiger partial charge in [0.25, 0.3) is 11.9 Å². The van der Waals surface area contributed by atoms with E-state index in [1.165, 1.54) is 51.4 Å². The molecule has 4 nitrogen and oxygen atoms in total. The second kappa shape index (κ2) is 24.7. The Morgan fingerprint density at radius 2 is 0.755 bits per heavy atom. The molecule has 0 fully saturated rings. The molecule has 0 atom stereocenters. The van der Waals surface area contributed by atoms with Crippen LogP contribution < -0.4 is 0 Å². The number of carbonyl (C=O) groups excluding carboxylic acids is 2. The summed E-state index contributed by atoms with van der Waals surface area (Å²) < 4.78 is 132. The van der Waals surface area contributed by atoms with E-state index in [1.807, 2.05) is 0 Å². The van der Waals surface area contributed by atoms with Crippen molar-refractivity contribution in [3.63, 3.8) is 0 Å². The molecule has 0 heterocycles. The maximum absolute atomic E-state index is 14.4. The molecule has 0 rings (SSSR count). The first-order valence-electron chi connectivity index (χ1n) is 18.5. The van der Waals surface area contributed by atoms with E-state index in [0.717, 1.165) is 70.8 Å². The van der Waals surface area contributed by atoms with Gasteiger partial charge >= 0.3 is 32.5 Å². The molecular weight excluding hydrogens is 683 g/mol. The lowest BCUT2D eigenvalue weighted by Crippen LogP contribution is -2.61. The number of hydrogen-bond acceptors (Lipinski definition) is 4. The SMILES string of the molecule is CCCCCCCCCCCCCC(=O)O[Si](C)(CCC(F)(F)C(F)(F)C(F)(F)C(F)(F)F)OC(=O)CCCCCCCCCCCCC. The van der Waals surface area contributed by atoms with Gasteiger partial charge in [-0.25, -0.2) is 0 Å². The first-order chi connectivity index (χ1) is 22.9. The third-order valence-electron chi connectivity index (χ3n) is 8.73. The zero-order valence-corrected chi connectivity index (χ0v) is 30.9. The van der Waals surface area contributed by atoms with E-state index in [1.54, 1.807) is 0 Å². The maximum Gasteiger partial charge on any atom is 0.461 e. The van der Waals surface area contributed by atoms with Crippen molar-refractivity contribution < 1.29 is 58.0 Å². The van der Waals surface area contributed by atoms with Gasteiger partial charge in [0.2, 0.25) is 0 Å². The zero-order chi connectivity index (χ0) is 37.5. The number of rotatable bonds is 31. The first kappa shape index (κ1) is 47.5. The van der Waals surface area contributed by atoms with Gasteiger partial charge in [0.1, 0.15) is 0 Å². The lowest BCUT2D eigenvalue weighted by molar-refractivity contribution is -0.396. The number of halogens is 9. The third kappa shape index (κ3) is 19.6. The molecule has 0 aliphatic rings. The number of alkyl halides is 9. The van der Waals surface area contributed by atoms with Gasteiger partial charge in [-0.05, 0) is 12.8 Å². The van der Waals surface area contributed by atoms with Crippen molar-refractivity contribution >= 4 is 20.5 Å². The van der Waals surface area contributed by atoms with E-state index in [2.05, 4.69) is 13.8 Å². The van der Waals surface area contributed by atoms with Crippen LogP contribution in [0.2, 0.25) is 12.6 Å². The minimum Gasteiger partial charge on any atom is -0.485 e. The van der Waals surface area contributed by atoms with Crippen LogP contribution in [0.1, 0.15) is 174 Å². The lowest BCUT2D eigenvalue weighted by atomic mass is 10.0. The van der Waals surface area contributed by atoms with Crippen LogP contribution in [-0.4, -0.2) is 44.4 Å². The minimum atomic E-state index is -7.03. The Balaban J connectivity index is 5.06. The normalized spacial score (nSPS) is 13.1. The Morgan fingerprint density at radius 3 is 1.04 bits per heavy atom. The van der Waals surface area contributed by atoms with E-state index in [-0.39, 0.29) is 12.8 Å². The van der Waals surface area contributed by atoms with Gasteiger partial charge in [-0.2, -0.15) is 39.5 Å². The van der Waals surface area contributed by atoms with Crippen molar-refractivity contribution in [1.82, 2.24) is 0 Å². The first-order valence-corrected chi connectivity index (χ1v) is 21.0. The van der Waals surface area contributed by atoms with Gasteiger partial charge in [0.05, 0.1) is 0 Å². The molecule has 0 radical (unpaired) electrons. The molecule has 0 amide bonds. The molecule has 49 heavy (non-hydrogen) atoms. The van der Waals surface area contributed by atoms with Crippen LogP contribution >= 0.6 is 0 Å². The van der Waals surface area contributed by atoms with Crippen LogP contribution in [0.3, 0.4) is 0 Å². The summed E-state index contributed by atoms with van der Waals surface area (Å²) in [5.41, 5.74) is 0. The summed E-state index contributed by atoms with van der Waals surface area (Å²) in [4.78, 5) is 25.2. The molecule has 0 unspecified atom stereocenters. The summed E-state index contributed by atoms with van der Waals surface area (Å²) in [6.45, 7) is 5.27. The van der Waals surface area contributed by atoms with Crippen LogP contribution in [0.4, 0.5) is 39.5 Å². The van der Waals surface area contributed by atoms with Crippen molar-refractivity contribution in [1.29, 1.82) is 0 Å². The molecule has 0 saturated carbocycles. The van der Waals surface area contributed by atoms with E-state index in [4.69, 9.17) is 8.85 Å². The molecule has 0 aliphatic heterocycles. The molecular formula is C35H61F9O4Si. The maximum atomic E-state index is 14.4. The Kier molecular flexibility index (Phi) is 23.9. The molecule has 0 saturated heterocycles. The van der Waals surface area contributed by atoms with Crippen molar-refractivity contribution in [3.8, 4) is 0 Å². The predicted octanol–water partition coefficient (Wildman–Crippen LogP) is 13.4. The van der Waals surface area contributed by atoms with E-state index >= 15 is 0 Å². The Labute approximate surface area is 289 Å². The fraction of sp³-hybridized carbons (Fsp3) is 0.943. The smallest absolute Gasteiger partial charge is 0.461 e. The highest BCUT2D eigenvalue weighted by Gasteiger charge is 2.81. The highest BCUT2D eigenvalue weighted by atomic mass is 28.4. The van der Waals surface area contributed by atoms with Gasteiger partial charge in [-0.15, -0.1) is 0 Å². The summed E-state index contributed by atoms with van der Waals surface area (Å²) in [6, 6.07) is -1.29. The van der Waals surface area contributed by atoms with Crippen molar-refractivity contribution in [2.24, 2.45) is 0 Å². The van der Waals surface area contributed by atoms with E-state index in [9.17, 15) is 49.1 Å². The van der Waals surface area contributed by atoms with Gasteiger partial charge in [0, 0.05) is 31.9 Å². The molecule has 292 valence electrons. The summed E-state index contributed by atoms with van der Waals surface area (Å²) in [5.74, 6) is -21.6. The predicted molar refractivity (Wildman–Crippen MR) is 176 cm³/mol. The van der Waals surface area contributed by atoms with Crippen molar-refractivity contribution in [3.05, 3.63) is 0 Å². The topological polar surface area (TPSA) is 52.6 Å². The highest BCUT2D eigenvalue weighted by molar-refractivity contribution is 6.69. The van der Waals surface area contributed by atoms with Crippen LogP contribution in [0, 0.1) is 0 Å². The standard InChI is InChI=1S/C35H61F9O4Si/c1-4-6-8-10-12-14-16-18-20-22-24-26-30(45)47-49(3,29-28-32(36,37)33(38,39)34(40,41)35(42,43)44)48-31(46)27-25-23-21-19-17-15-13-11-9-7-5-2/h4-29H2,1-3H3. The molecule has 0 N–H and O–H groups in total. The third-order valence-corrected chi connectivity index (χ3v) is 11.2. The summed E-state index contributed by atoms with van der Waals surface area (Å²) in [6.07, 6.45) is 12.3. The molecule has 0 aromatic rings. The second-order valence-electron chi connectivity index (χ2n) is 13.5. The van der Waals surface area contributed by atoms with Crippen LogP contribution in [0.25, 0.3) is 0 Å². The van der Waals surface area contributed by atoms with Crippen LogP contribution in [0.5, 0.6) is 0 Å². The summed E-state index contributed by atoms with van der Waals surface area (Å²) in [7, 11) is -4.41. The number of hydrogen-bond donors (Lipinski definition) is 0. The second-order valence-corrected chi connectivity index (χ2v) is 16.7. The largest absolute Gasteiger partial charge is 0.485 e. The van der Waals surface area contributed by atoms with Crippen molar-refractivity contribution in [2.45, 2.75) is 211 Å². The molecule has 0 spiro atoms. The average Bonchev–Trinajstić information content (AvgIpc) is 3.00. The van der Waals surface area contributed by atoms with Crippen LogP contribution in [-0.2, 0) is 18.4 Å². The van der Waals surface area contributed by atoms with E-state index < -0.39 is 56.9 Å². The zero-order valence-electron chi connectivity index (χ0n) is 29.9. The van der Waals surface area contributed by atoms with Gasteiger partial charge in [-0.3, -0.25) is 9.59 Å². The quantitative estimate of drug-likeness (QED) is 0.0403. The molecule has 0 bridgehead atoms. The van der Waals surface area contributed by atoms with Gasteiger partial charge < -0.3 is 8.85 Å². The lowest BCUT2D eigenvalue weighted by Gasteiger charge is -2.35. The highest BCUT2D eigenvalue weighted by Crippen LogP contribution is 2.54. The number of carbonyl (C=O) groups is 2. The fourth-order valence-electron chi connectivity index (χ4n) is 5.52. The molecule has 0 aromatic carbocycles. The van der Waals surface area contributed by atoms with Crippen molar-refractivity contribution in [2.75, 3.05) is 0 Å². The van der Waals surface area contributed by atoms with Crippen LogP contribution in [0.15, 0.2) is 0 Å². The average molecular weight is 745 g/mol. The Hall–Kier alpha value is -1.47. The Bertz CT molecular complexity index is 846. The fourth-order valence-corrected chi connectivity index (χ4v) is 7.70. The minimum absolute atomic E-state index is 0.186. The monoisotopic (exact) mass is 744 g/mol. The Morgan fingerprint density at radius 1 is 0.469 bits per heavy atom. The van der Waals surface area contributed by atoms with Gasteiger partial charge in [0.15, 0.2) is 0 Å². The molecule has 14 heteroatoms. The molecule has 0 aromatic heterocycles. The number of unbranched alkanes of at least 4 members (excludes halogenated alkanes) is 20. The summed E-state index contributed by atoms with van der Waals surface area (Å²) >= 11 is 0. The van der Waals surface area contributed by atoms with E-state index in [0.29, 0.717) is 25.7 Å². The summed E-state index contributed by atoms with van der Waals surface area (Å²) in [5, 5.41) is 0. The van der Waals surface area contributed by atoms with Gasteiger partial charge in [-0.1, -0.05) is 142 Å².